The zero-order valence-corrected chi connectivity index (χ0v) is 15.3. The predicted octanol–water partition coefficient (Wildman–Crippen LogP) is 5.66. The van der Waals surface area contributed by atoms with Crippen molar-refractivity contribution in [2.24, 2.45) is 4.99 Å². The summed E-state index contributed by atoms with van der Waals surface area (Å²) >= 11 is 0. The van der Waals surface area contributed by atoms with Gasteiger partial charge in [0.05, 0.1) is 18.5 Å². The Kier molecular flexibility index (Phi) is 4.57. The lowest BCUT2D eigenvalue weighted by atomic mass is 9.99. The summed E-state index contributed by atoms with van der Waals surface area (Å²) in [5, 5.41) is 0. The maximum Gasteiger partial charge on any atom is 0.124 e. The molecule has 0 N–H and O–H groups in total. The van der Waals surface area contributed by atoms with Gasteiger partial charge in [0.2, 0.25) is 0 Å². The van der Waals surface area contributed by atoms with Gasteiger partial charge in [-0.3, -0.25) is 0 Å². The lowest BCUT2D eigenvalue weighted by Gasteiger charge is -2.15. The molecule has 1 aliphatic rings. The van der Waals surface area contributed by atoms with Crippen molar-refractivity contribution in [1.29, 1.82) is 0 Å². The molecule has 0 amide bonds. The zero-order chi connectivity index (χ0) is 17.9. The Morgan fingerprint density at radius 1 is 0.885 bits per heavy atom. The number of nitrogens with zero attached hydrogens (tertiary/aromatic N) is 1. The van der Waals surface area contributed by atoms with Gasteiger partial charge in [-0.25, -0.2) is 4.99 Å². The fraction of sp³-hybridized carbons (Fsp3) is 0.208. The Hall–Kier alpha value is -2.87. The number of aliphatic imine (C=N–C) groups is 1. The SMILES string of the molecule is COc1cc2c(c(N=C(c3ccccc3)c3ccccc3)c1C)CCC2. The molecule has 0 unspecified atom stereocenters. The first-order valence-electron chi connectivity index (χ1n) is 9.17. The molecular formula is C24H23NO. The smallest absolute Gasteiger partial charge is 0.124 e. The Balaban J connectivity index is 1.96. The molecule has 130 valence electrons. The van der Waals surface area contributed by atoms with E-state index in [1.165, 1.54) is 17.5 Å². The molecule has 1 aliphatic carbocycles. The maximum atomic E-state index is 5.63. The molecule has 0 heterocycles. The van der Waals surface area contributed by atoms with E-state index in [0.29, 0.717) is 0 Å². The highest BCUT2D eigenvalue weighted by atomic mass is 16.5. The molecule has 0 spiro atoms. The lowest BCUT2D eigenvalue weighted by molar-refractivity contribution is 0.411. The van der Waals surface area contributed by atoms with Crippen molar-refractivity contribution in [3.05, 3.63) is 94.5 Å². The van der Waals surface area contributed by atoms with E-state index in [1.54, 1.807) is 7.11 Å². The third-order valence-corrected chi connectivity index (χ3v) is 5.11. The van der Waals surface area contributed by atoms with Gasteiger partial charge in [-0.1, -0.05) is 60.7 Å². The second-order valence-corrected chi connectivity index (χ2v) is 6.74. The topological polar surface area (TPSA) is 21.6 Å². The van der Waals surface area contributed by atoms with Gasteiger partial charge < -0.3 is 4.74 Å². The predicted molar refractivity (Wildman–Crippen MR) is 108 cm³/mol. The Labute approximate surface area is 155 Å². The highest BCUT2D eigenvalue weighted by Crippen LogP contribution is 2.40. The van der Waals surface area contributed by atoms with Gasteiger partial charge in [0.15, 0.2) is 0 Å². The van der Waals surface area contributed by atoms with E-state index < -0.39 is 0 Å². The van der Waals surface area contributed by atoms with Crippen LogP contribution in [0.3, 0.4) is 0 Å². The lowest BCUT2D eigenvalue weighted by Crippen LogP contribution is -2.04. The molecule has 2 nitrogen and oxygen atoms in total. The van der Waals surface area contributed by atoms with Crippen LogP contribution < -0.4 is 4.74 Å². The number of hydrogen-bond acceptors (Lipinski definition) is 2. The summed E-state index contributed by atoms with van der Waals surface area (Å²) in [6.45, 7) is 2.11. The Morgan fingerprint density at radius 3 is 2.08 bits per heavy atom. The van der Waals surface area contributed by atoms with Crippen molar-refractivity contribution >= 4 is 11.4 Å². The fourth-order valence-corrected chi connectivity index (χ4v) is 3.77. The van der Waals surface area contributed by atoms with Crippen molar-refractivity contribution < 1.29 is 4.74 Å². The molecular weight excluding hydrogens is 318 g/mol. The van der Waals surface area contributed by atoms with Crippen LogP contribution in [0.5, 0.6) is 5.75 Å². The van der Waals surface area contributed by atoms with Gasteiger partial charge in [-0.15, -0.1) is 0 Å². The summed E-state index contributed by atoms with van der Waals surface area (Å²) in [4.78, 5) is 5.22. The largest absolute Gasteiger partial charge is 0.496 e. The van der Waals surface area contributed by atoms with E-state index in [0.717, 1.165) is 46.7 Å². The standard InChI is InChI=1S/C24H23NO/c1-17-22(26-2)16-20-14-9-15-21(20)23(17)25-24(18-10-5-3-6-11-18)19-12-7-4-8-13-19/h3-8,10-13,16H,9,14-15H2,1-2H3. The van der Waals surface area contributed by atoms with Crippen molar-refractivity contribution in [2.75, 3.05) is 7.11 Å². The van der Waals surface area contributed by atoms with Gasteiger partial charge in [0.25, 0.3) is 0 Å². The molecule has 3 aromatic carbocycles. The third kappa shape index (κ3) is 3.03. The second kappa shape index (κ2) is 7.17. The Morgan fingerprint density at radius 2 is 1.50 bits per heavy atom. The normalized spacial score (nSPS) is 12.5. The van der Waals surface area contributed by atoms with Crippen LogP contribution in [-0.4, -0.2) is 12.8 Å². The van der Waals surface area contributed by atoms with Gasteiger partial charge in [0, 0.05) is 16.7 Å². The average molecular weight is 341 g/mol. The molecule has 0 bridgehead atoms. The van der Waals surface area contributed by atoms with Gasteiger partial charge in [-0.2, -0.15) is 0 Å². The summed E-state index contributed by atoms with van der Waals surface area (Å²) in [6.07, 6.45) is 3.40. The van der Waals surface area contributed by atoms with E-state index in [9.17, 15) is 0 Å². The first-order valence-corrected chi connectivity index (χ1v) is 9.17. The zero-order valence-electron chi connectivity index (χ0n) is 15.3. The van der Waals surface area contributed by atoms with Crippen molar-refractivity contribution in [1.82, 2.24) is 0 Å². The number of rotatable bonds is 4. The minimum Gasteiger partial charge on any atom is -0.496 e. The minimum atomic E-state index is 0.935. The summed E-state index contributed by atoms with van der Waals surface area (Å²) in [5.74, 6) is 0.935. The maximum absolute atomic E-state index is 5.63. The fourth-order valence-electron chi connectivity index (χ4n) is 3.77. The van der Waals surface area contributed by atoms with Gasteiger partial charge in [0.1, 0.15) is 5.75 Å². The van der Waals surface area contributed by atoms with E-state index in [4.69, 9.17) is 9.73 Å². The number of benzene rings is 3. The summed E-state index contributed by atoms with van der Waals surface area (Å²) in [7, 11) is 1.74. The number of methoxy groups -OCH3 is 1. The highest BCUT2D eigenvalue weighted by Gasteiger charge is 2.21. The van der Waals surface area contributed by atoms with Crippen molar-refractivity contribution in [3.8, 4) is 5.75 Å². The number of aryl methyl sites for hydroxylation is 1. The first-order chi connectivity index (χ1) is 12.8. The summed E-state index contributed by atoms with van der Waals surface area (Å²) in [5.41, 5.74) is 8.24. The Bertz CT molecular complexity index is 901. The third-order valence-electron chi connectivity index (χ3n) is 5.11. The van der Waals surface area contributed by atoms with E-state index >= 15 is 0 Å². The van der Waals surface area contributed by atoms with Gasteiger partial charge >= 0.3 is 0 Å². The quantitative estimate of drug-likeness (QED) is 0.561. The van der Waals surface area contributed by atoms with Crippen LogP contribution in [0.1, 0.15) is 34.2 Å². The molecule has 3 aromatic rings. The van der Waals surface area contributed by atoms with Crippen molar-refractivity contribution in [3.63, 3.8) is 0 Å². The van der Waals surface area contributed by atoms with Crippen LogP contribution >= 0.6 is 0 Å². The second-order valence-electron chi connectivity index (χ2n) is 6.74. The van der Waals surface area contributed by atoms with Crippen LogP contribution in [0.25, 0.3) is 0 Å². The average Bonchev–Trinajstić information content (AvgIpc) is 3.16. The summed E-state index contributed by atoms with van der Waals surface area (Å²) < 4.78 is 5.63. The van der Waals surface area contributed by atoms with E-state index in [2.05, 4.69) is 61.5 Å². The molecule has 0 aliphatic heterocycles. The minimum absolute atomic E-state index is 0.935. The monoisotopic (exact) mass is 341 g/mol. The van der Waals surface area contributed by atoms with Crippen LogP contribution in [0.15, 0.2) is 71.7 Å². The number of ether oxygens (including phenoxy) is 1. The molecule has 4 rings (SSSR count). The summed E-state index contributed by atoms with van der Waals surface area (Å²) in [6, 6.07) is 23.1. The molecule has 0 atom stereocenters. The molecule has 26 heavy (non-hydrogen) atoms. The molecule has 0 saturated carbocycles. The van der Waals surface area contributed by atoms with E-state index in [1.807, 2.05) is 12.1 Å². The van der Waals surface area contributed by atoms with E-state index in [-0.39, 0.29) is 0 Å². The van der Waals surface area contributed by atoms with Crippen molar-refractivity contribution in [2.45, 2.75) is 26.2 Å². The van der Waals surface area contributed by atoms with Gasteiger partial charge in [-0.05, 0) is 43.4 Å². The van der Waals surface area contributed by atoms with Crippen LogP contribution in [0.4, 0.5) is 5.69 Å². The number of fused-ring (bicyclic) bond motifs is 1. The molecule has 0 saturated heterocycles. The molecule has 0 fully saturated rings. The van der Waals surface area contributed by atoms with Crippen LogP contribution in [0, 0.1) is 6.92 Å². The molecule has 2 heteroatoms. The molecule has 0 radical (unpaired) electrons. The first kappa shape index (κ1) is 16.6. The molecule has 0 aromatic heterocycles. The van der Waals surface area contributed by atoms with Crippen LogP contribution in [-0.2, 0) is 12.8 Å². The highest BCUT2D eigenvalue weighted by molar-refractivity contribution is 6.14. The number of hydrogen-bond donors (Lipinski definition) is 0. The van der Waals surface area contributed by atoms with Crippen LogP contribution in [0.2, 0.25) is 0 Å².